The summed E-state index contributed by atoms with van der Waals surface area (Å²) in [5.74, 6) is -0.135. The molecule has 3 rings (SSSR count). The first kappa shape index (κ1) is 17.2. The van der Waals surface area contributed by atoms with Crippen LogP contribution in [0.15, 0.2) is 42.5 Å². The van der Waals surface area contributed by atoms with Gasteiger partial charge in [-0.1, -0.05) is 12.1 Å². The molecule has 1 aliphatic heterocycles. The van der Waals surface area contributed by atoms with E-state index in [0.717, 1.165) is 5.56 Å². The predicted octanol–water partition coefficient (Wildman–Crippen LogP) is -0.0141. The predicted molar refractivity (Wildman–Crippen MR) is 65.0 cm³/mol. The van der Waals surface area contributed by atoms with Crippen molar-refractivity contribution in [1.29, 1.82) is 0 Å². The van der Waals surface area contributed by atoms with E-state index in [0.29, 0.717) is 0 Å². The van der Waals surface area contributed by atoms with Gasteiger partial charge in [0, 0.05) is 11.1 Å². The van der Waals surface area contributed by atoms with Crippen LogP contribution >= 0.6 is 0 Å². The summed E-state index contributed by atoms with van der Waals surface area (Å²) in [5.41, 5.74) is -3.31. The number of alkyl halides is 3. The minimum absolute atomic E-state index is 0.0767. The molecule has 22 heavy (non-hydrogen) atoms. The molecule has 0 N–H and O–H groups in total. The molecule has 0 saturated heterocycles. The molecule has 0 fully saturated rings. The quantitative estimate of drug-likeness (QED) is 0.211. The number of rotatable bonds is 0. The molecule has 3 nitrogen and oxygen atoms in total. The maximum Gasteiger partial charge on any atom is 0.485 e. The normalized spacial score (nSPS) is 13.0. The largest absolute Gasteiger partial charge is 0.741 e. The fourth-order valence-corrected chi connectivity index (χ4v) is 4.53. The first-order chi connectivity index (χ1) is 10.1. The Hall–Kier alpha value is -1.20. The second-order valence-electron chi connectivity index (χ2n) is 4.10. The van der Waals surface area contributed by atoms with Crippen LogP contribution in [0, 0.1) is 13.0 Å². The first-order valence-corrected chi connectivity index (χ1v) is 9.22. The molecule has 1 aliphatic rings. The van der Waals surface area contributed by atoms with Gasteiger partial charge in [0.15, 0.2) is 10.1 Å². The Morgan fingerprint density at radius 1 is 0.955 bits per heavy atom. The van der Waals surface area contributed by atoms with Gasteiger partial charge >= 0.3 is 26.7 Å². The van der Waals surface area contributed by atoms with Crippen molar-refractivity contribution >= 4 is 10.1 Å². The van der Waals surface area contributed by atoms with Gasteiger partial charge in [-0.2, -0.15) is 13.2 Å². The van der Waals surface area contributed by atoms with Crippen LogP contribution in [0.3, 0.4) is 0 Å². The van der Waals surface area contributed by atoms with E-state index < -0.39 is 15.6 Å². The third-order valence-corrected chi connectivity index (χ3v) is 6.19. The average molecular weight is 446 g/mol. The summed E-state index contributed by atoms with van der Waals surface area (Å²) in [6, 6.07) is 13.5. The molecule has 0 aromatic heterocycles. The summed E-state index contributed by atoms with van der Waals surface area (Å²) >= 11 is -0.0767. The molecule has 0 aliphatic carbocycles. The Morgan fingerprint density at radius 3 is 2.09 bits per heavy atom. The lowest BCUT2D eigenvalue weighted by atomic mass is 10.1. The van der Waals surface area contributed by atoms with Crippen LogP contribution in [0.5, 0.6) is 0 Å². The molecule has 0 spiro atoms. The minimum Gasteiger partial charge on any atom is -0.741 e. The van der Waals surface area contributed by atoms with Gasteiger partial charge in [-0.05, 0) is 30.3 Å². The van der Waals surface area contributed by atoms with Crippen molar-refractivity contribution in [1.82, 2.24) is 0 Å². The summed E-state index contributed by atoms with van der Waals surface area (Å²) in [6.45, 7) is 0. The number of hydrogen-bond acceptors (Lipinski definition) is 3. The van der Waals surface area contributed by atoms with Crippen LogP contribution in [-0.4, -0.2) is 18.5 Å². The van der Waals surface area contributed by atoms with Crippen molar-refractivity contribution in [3.05, 3.63) is 55.4 Å². The Balaban J connectivity index is 0.000000192. The number of halogens is 5. The maximum absolute atomic E-state index is 13.1. The number of benzene rings is 2. The third kappa shape index (κ3) is 3.76. The van der Waals surface area contributed by atoms with Gasteiger partial charge in [-0.15, -0.1) is 0 Å². The van der Waals surface area contributed by atoms with Crippen molar-refractivity contribution in [2.75, 3.05) is 0 Å². The van der Waals surface area contributed by atoms with Gasteiger partial charge in [-0.25, -0.2) is 12.8 Å². The Morgan fingerprint density at radius 2 is 1.50 bits per heavy atom. The molecule has 1 heterocycles. The zero-order chi connectivity index (χ0) is 16.5. The van der Waals surface area contributed by atoms with Crippen molar-refractivity contribution in [2.24, 2.45) is 0 Å². The van der Waals surface area contributed by atoms with Gasteiger partial charge < -0.3 is 4.55 Å². The highest BCUT2D eigenvalue weighted by molar-refractivity contribution is 7.86. The van der Waals surface area contributed by atoms with Crippen LogP contribution in [0.4, 0.5) is 17.6 Å². The highest BCUT2D eigenvalue weighted by Crippen LogP contribution is 2.22. The van der Waals surface area contributed by atoms with Crippen molar-refractivity contribution in [3.63, 3.8) is 0 Å². The van der Waals surface area contributed by atoms with Gasteiger partial charge in [-0.3, -0.25) is 0 Å². The molecule has 2 aromatic rings. The van der Waals surface area contributed by atoms with E-state index in [1.807, 2.05) is 12.1 Å². The molecule has 0 unspecified atom stereocenters. The molecule has 0 saturated carbocycles. The van der Waals surface area contributed by atoms with E-state index in [1.165, 1.54) is 12.7 Å². The Kier molecular flexibility index (Phi) is 4.78. The number of hydrogen-bond donors (Lipinski definition) is 0. The van der Waals surface area contributed by atoms with E-state index >= 15 is 0 Å². The molecule has 9 heteroatoms. The lowest BCUT2D eigenvalue weighted by molar-refractivity contribution is -0.589. The molecular formula is C13H7F4IO3S. The molecular weight excluding hydrogens is 439 g/mol. The Bertz CT molecular complexity index is 803. The van der Waals surface area contributed by atoms with Crippen LogP contribution in [-0.2, 0) is 10.1 Å². The van der Waals surface area contributed by atoms with E-state index in [-0.39, 0.29) is 27.0 Å². The second-order valence-corrected chi connectivity index (χ2v) is 8.33. The molecule has 2 aromatic carbocycles. The van der Waals surface area contributed by atoms with Crippen molar-refractivity contribution < 1.29 is 51.7 Å². The summed E-state index contributed by atoms with van der Waals surface area (Å²) in [7, 11) is -6.09. The molecule has 0 amide bonds. The minimum atomic E-state index is -6.09. The van der Waals surface area contributed by atoms with Crippen LogP contribution < -0.4 is 21.2 Å². The highest BCUT2D eigenvalue weighted by Gasteiger charge is 2.37. The van der Waals surface area contributed by atoms with Gasteiger partial charge in [0.2, 0.25) is 7.14 Å². The maximum atomic E-state index is 13.1. The monoisotopic (exact) mass is 446 g/mol. The van der Waals surface area contributed by atoms with E-state index in [9.17, 15) is 17.6 Å². The van der Waals surface area contributed by atoms with Gasteiger partial charge in [0.25, 0.3) is 0 Å². The van der Waals surface area contributed by atoms with Crippen molar-refractivity contribution in [2.45, 2.75) is 5.51 Å². The van der Waals surface area contributed by atoms with Crippen molar-refractivity contribution in [3.8, 4) is 11.1 Å². The van der Waals surface area contributed by atoms with E-state index in [2.05, 4.69) is 18.2 Å². The molecule has 0 atom stereocenters. The standard InChI is InChI=1S/C12H7FI.CHF3O3S/c13-8-5-6-12-10(7-8)9-3-1-2-4-11(9)14-12;2-1(3,4)8(5,6)7/h1-7H;(H,5,6,7)/q+1;/p-1. The SMILES string of the molecule is Fc1ccc2c(c1)-c1ccccc1[I+]2.O=S(=O)([O-])C(F)(F)F. The fraction of sp³-hybridized carbons (Fsp3) is 0.0769. The molecule has 0 bridgehead atoms. The van der Waals surface area contributed by atoms with E-state index in [4.69, 9.17) is 13.0 Å². The van der Waals surface area contributed by atoms with E-state index in [1.54, 1.807) is 12.1 Å². The first-order valence-electron chi connectivity index (χ1n) is 5.65. The average Bonchev–Trinajstić information content (AvgIpc) is 2.75. The molecule has 118 valence electrons. The lowest BCUT2D eigenvalue weighted by Crippen LogP contribution is -3.61. The van der Waals surface area contributed by atoms with Crippen LogP contribution in [0.1, 0.15) is 0 Å². The van der Waals surface area contributed by atoms with Crippen LogP contribution in [0.2, 0.25) is 0 Å². The van der Waals surface area contributed by atoms with Crippen LogP contribution in [0.25, 0.3) is 11.1 Å². The zero-order valence-corrected chi connectivity index (χ0v) is 13.5. The summed E-state index contributed by atoms with van der Waals surface area (Å²) in [5, 5.41) is 0. The molecule has 0 radical (unpaired) electrons. The second kappa shape index (κ2) is 6.13. The number of fused-ring (bicyclic) bond motifs is 3. The lowest BCUT2D eigenvalue weighted by Gasteiger charge is -2.08. The summed E-state index contributed by atoms with van der Waals surface area (Å²) in [6.07, 6.45) is 0. The topological polar surface area (TPSA) is 57.2 Å². The highest BCUT2D eigenvalue weighted by atomic mass is 127. The summed E-state index contributed by atoms with van der Waals surface area (Å²) < 4.78 is 74.7. The summed E-state index contributed by atoms with van der Waals surface area (Å²) in [4.78, 5) is 0. The van der Waals surface area contributed by atoms with Gasteiger partial charge in [0.05, 0.1) is 0 Å². The van der Waals surface area contributed by atoms with Gasteiger partial charge in [0.1, 0.15) is 5.82 Å². The zero-order valence-electron chi connectivity index (χ0n) is 10.6. The Labute approximate surface area is 134 Å². The fourth-order valence-electron chi connectivity index (χ4n) is 1.66. The smallest absolute Gasteiger partial charge is 0.485 e. The third-order valence-electron chi connectivity index (χ3n) is 2.58.